The number of rotatable bonds is 8. The number of anilines is 1. The Labute approximate surface area is 181 Å². The fraction of sp³-hybridized carbons (Fsp3) is 0.125. The highest BCUT2D eigenvalue weighted by Gasteiger charge is 2.14. The Hall–Kier alpha value is -3.58. The molecule has 4 rings (SSSR count). The molecule has 0 unspecified atom stereocenters. The van der Waals surface area contributed by atoms with E-state index in [0.717, 1.165) is 21.9 Å². The van der Waals surface area contributed by atoms with Crippen LogP contribution in [0.15, 0.2) is 90.3 Å². The topological polar surface area (TPSA) is 89.0 Å². The van der Waals surface area contributed by atoms with E-state index in [4.69, 9.17) is 0 Å². The number of benzene rings is 2. The maximum absolute atomic E-state index is 12.5. The van der Waals surface area contributed by atoms with E-state index in [9.17, 15) is 13.2 Å². The second kappa shape index (κ2) is 9.06. The molecule has 0 amide bonds. The van der Waals surface area contributed by atoms with Gasteiger partial charge in [0.25, 0.3) is 10.0 Å². The van der Waals surface area contributed by atoms with E-state index in [2.05, 4.69) is 14.7 Å². The van der Waals surface area contributed by atoms with Gasteiger partial charge in [0, 0.05) is 43.0 Å². The number of pyridine rings is 2. The minimum atomic E-state index is -3.67. The lowest BCUT2D eigenvalue weighted by molar-refractivity contribution is -0.118. The van der Waals surface area contributed by atoms with Gasteiger partial charge in [0.15, 0.2) is 0 Å². The summed E-state index contributed by atoms with van der Waals surface area (Å²) in [6.45, 7) is 0. The number of carbonyl (C=O) groups is 1. The van der Waals surface area contributed by atoms with E-state index in [1.54, 1.807) is 48.8 Å². The van der Waals surface area contributed by atoms with Gasteiger partial charge in [-0.15, -0.1) is 0 Å². The predicted octanol–water partition coefficient (Wildman–Crippen LogP) is 4.18. The Morgan fingerprint density at radius 1 is 0.806 bits per heavy atom. The van der Waals surface area contributed by atoms with Gasteiger partial charge in [0.05, 0.1) is 10.6 Å². The number of ketones is 1. The third-order valence-electron chi connectivity index (χ3n) is 4.96. The van der Waals surface area contributed by atoms with Crippen LogP contribution in [-0.2, 0) is 27.7 Å². The van der Waals surface area contributed by atoms with Crippen molar-refractivity contribution in [3.8, 4) is 0 Å². The van der Waals surface area contributed by atoms with Crippen molar-refractivity contribution in [3.05, 3.63) is 96.6 Å². The molecule has 2 heterocycles. The summed E-state index contributed by atoms with van der Waals surface area (Å²) < 4.78 is 27.5. The van der Waals surface area contributed by atoms with Crippen molar-refractivity contribution in [1.29, 1.82) is 0 Å². The average molecular weight is 432 g/mol. The Morgan fingerprint density at radius 3 is 2.29 bits per heavy atom. The van der Waals surface area contributed by atoms with E-state index in [1.807, 2.05) is 24.3 Å². The summed E-state index contributed by atoms with van der Waals surface area (Å²) in [5.41, 5.74) is 2.35. The normalized spacial score (nSPS) is 11.4. The van der Waals surface area contributed by atoms with Gasteiger partial charge < -0.3 is 0 Å². The van der Waals surface area contributed by atoms with Crippen molar-refractivity contribution in [1.82, 2.24) is 9.97 Å². The van der Waals surface area contributed by atoms with E-state index in [0.29, 0.717) is 24.9 Å². The number of aromatic nitrogens is 2. The standard InChI is InChI=1S/C24H21N3O3S/c28-23(16-19-1-5-21-17-26-12-9-20(21)15-19)6-2-18-3-7-24(8-4-18)31(29,30)27-22-10-13-25-14-11-22/h1,3-5,7-15,17H,2,6,16H2,(H,25,27). The van der Waals surface area contributed by atoms with Gasteiger partial charge in [-0.1, -0.05) is 30.3 Å². The molecule has 0 spiro atoms. The molecule has 6 nitrogen and oxygen atoms in total. The summed E-state index contributed by atoms with van der Waals surface area (Å²) in [5, 5.41) is 2.12. The van der Waals surface area contributed by atoms with Crippen LogP contribution in [0.5, 0.6) is 0 Å². The van der Waals surface area contributed by atoms with Crippen LogP contribution < -0.4 is 4.72 Å². The lowest BCUT2D eigenvalue weighted by Gasteiger charge is -2.09. The fourth-order valence-electron chi connectivity index (χ4n) is 3.31. The lowest BCUT2D eigenvalue weighted by atomic mass is 10.0. The van der Waals surface area contributed by atoms with Crippen LogP contribution in [-0.4, -0.2) is 24.2 Å². The van der Waals surface area contributed by atoms with Gasteiger partial charge in [-0.2, -0.15) is 0 Å². The smallest absolute Gasteiger partial charge is 0.261 e. The summed E-state index contributed by atoms with van der Waals surface area (Å²) >= 11 is 0. The molecular weight excluding hydrogens is 410 g/mol. The molecular formula is C24H21N3O3S. The molecule has 0 radical (unpaired) electrons. The van der Waals surface area contributed by atoms with Crippen LogP contribution in [0.25, 0.3) is 10.8 Å². The summed E-state index contributed by atoms with van der Waals surface area (Å²) in [6, 6.07) is 17.7. The minimum absolute atomic E-state index is 0.143. The monoisotopic (exact) mass is 431 g/mol. The number of hydrogen-bond donors (Lipinski definition) is 1. The van der Waals surface area contributed by atoms with Crippen molar-refractivity contribution >= 4 is 32.3 Å². The molecule has 0 atom stereocenters. The van der Waals surface area contributed by atoms with Crippen molar-refractivity contribution in [2.24, 2.45) is 0 Å². The van der Waals surface area contributed by atoms with E-state index < -0.39 is 10.0 Å². The van der Waals surface area contributed by atoms with Crippen molar-refractivity contribution in [3.63, 3.8) is 0 Å². The molecule has 2 aromatic carbocycles. The first kappa shape index (κ1) is 20.7. The maximum Gasteiger partial charge on any atom is 0.261 e. The number of hydrogen-bond acceptors (Lipinski definition) is 5. The molecule has 1 N–H and O–H groups in total. The molecule has 0 saturated carbocycles. The minimum Gasteiger partial charge on any atom is -0.299 e. The number of fused-ring (bicyclic) bond motifs is 1. The fourth-order valence-corrected chi connectivity index (χ4v) is 4.37. The third kappa shape index (κ3) is 5.32. The Balaban J connectivity index is 1.34. The van der Waals surface area contributed by atoms with Crippen molar-refractivity contribution in [2.75, 3.05) is 4.72 Å². The number of carbonyl (C=O) groups excluding carboxylic acids is 1. The Morgan fingerprint density at radius 2 is 1.52 bits per heavy atom. The second-order valence-electron chi connectivity index (χ2n) is 7.26. The third-order valence-corrected chi connectivity index (χ3v) is 6.36. The largest absolute Gasteiger partial charge is 0.299 e. The van der Waals surface area contributed by atoms with E-state index >= 15 is 0 Å². The predicted molar refractivity (Wildman–Crippen MR) is 120 cm³/mol. The van der Waals surface area contributed by atoms with Crippen LogP contribution >= 0.6 is 0 Å². The molecule has 2 aromatic heterocycles. The first-order valence-electron chi connectivity index (χ1n) is 9.86. The van der Waals surface area contributed by atoms with Crippen LogP contribution in [0, 0.1) is 0 Å². The zero-order valence-electron chi connectivity index (χ0n) is 16.7. The lowest BCUT2D eigenvalue weighted by Crippen LogP contribution is -2.13. The summed E-state index contributed by atoms with van der Waals surface area (Å²) in [6.07, 6.45) is 7.92. The Kier molecular flexibility index (Phi) is 6.04. The van der Waals surface area contributed by atoms with Crippen molar-refractivity contribution < 1.29 is 13.2 Å². The summed E-state index contributed by atoms with van der Waals surface area (Å²) in [4.78, 5) is 20.6. The van der Waals surface area contributed by atoms with E-state index in [-0.39, 0.29) is 10.7 Å². The van der Waals surface area contributed by atoms with Crippen LogP contribution in [0.2, 0.25) is 0 Å². The van der Waals surface area contributed by atoms with Gasteiger partial charge >= 0.3 is 0 Å². The van der Waals surface area contributed by atoms with Gasteiger partial charge in [0.1, 0.15) is 5.78 Å². The molecule has 0 fully saturated rings. The summed E-state index contributed by atoms with van der Waals surface area (Å²) in [5.74, 6) is 0.143. The number of nitrogens with zero attached hydrogens (tertiary/aromatic N) is 2. The molecule has 0 aliphatic heterocycles. The van der Waals surface area contributed by atoms with Crippen LogP contribution in [0.4, 0.5) is 5.69 Å². The molecule has 0 bridgehead atoms. The SMILES string of the molecule is O=C(CCc1ccc(S(=O)(=O)Nc2ccncc2)cc1)Cc1ccc2cnccc2c1. The number of sulfonamides is 1. The molecule has 0 saturated heterocycles. The maximum atomic E-state index is 12.5. The zero-order valence-corrected chi connectivity index (χ0v) is 17.5. The number of nitrogens with one attached hydrogen (secondary N) is 1. The first-order valence-corrected chi connectivity index (χ1v) is 11.3. The Bertz CT molecular complexity index is 1310. The molecule has 0 aliphatic carbocycles. The van der Waals surface area contributed by atoms with Gasteiger partial charge in [0.2, 0.25) is 0 Å². The van der Waals surface area contributed by atoms with Gasteiger partial charge in [-0.3, -0.25) is 19.5 Å². The second-order valence-corrected chi connectivity index (χ2v) is 8.94. The quantitative estimate of drug-likeness (QED) is 0.452. The number of aryl methyl sites for hydroxylation is 1. The highest BCUT2D eigenvalue weighted by atomic mass is 32.2. The molecule has 7 heteroatoms. The molecule has 31 heavy (non-hydrogen) atoms. The zero-order chi connectivity index (χ0) is 21.7. The average Bonchev–Trinajstić information content (AvgIpc) is 2.78. The molecule has 156 valence electrons. The van der Waals surface area contributed by atoms with Gasteiger partial charge in [-0.05, 0) is 53.3 Å². The first-order chi connectivity index (χ1) is 15.0. The van der Waals surface area contributed by atoms with Crippen LogP contribution in [0.1, 0.15) is 17.5 Å². The van der Waals surface area contributed by atoms with Gasteiger partial charge in [-0.25, -0.2) is 8.42 Å². The van der Waals surface area contributed by atoms with Crippen molar-refractivity contribution in [2.45, 2.75) is 24.2 Å². The van der Waals surface area contributed by atoms with Crippen LogP contribution in [0.3, 0.4) is 0 Å². The molecule has 0 aliphatic rings. The highest BCUT2D eigenvalue weighted by Crippen LogP contribution is 2.18. The number of Topliss-reactive ketones (excluding diaryl/α,β-unsaturated/α-hetero) is 1. The van der Waals surface area contributed by atoms with E-state index in [1.165, 1.54) is 12.4 Å². The highest BCUT2D eigenvalue weighted by molar-refractivity contribution is 7.92. The summed E-state index contributed by atoms with van der Waals surface area (Å²) in [7, 11) is -3.67. The molecule has 4 aromatic rings.